The number of hydrogen-bond acceptors (Lipinski definition) is 4. The van der Waals surface area contributed by atoms with Crippen LogP contribution in [0.3, 0.4) is 0 Å². The summed E-state index contributed by atoms with van der Waals surface area (Å²) in [5.41, 5.74) is 0.173. The van der Waals surface area contributed by atoms with Gasteiger partial charge in [0.1, 0.15) is 11.0 Å². The van der Waals surface area contributed by atoms with Crippen LogP contribution in [0.15, 0.2) is 48.5 Å². The molecule has 2 rings (SSSR count). The molecule has 0 aliphatic carbocycles. The summed E-state index contributed by atoms with van der Waals surface area (Å²) in [5, 5.41) is -1.38. The Morgan fingerprint density at radius 1 is 1.12 bits per heavy atom. The van der Waals surface area contributed by atoms with Crippen LogP contribution in [-0.2, 0) is 14.7 Å². The van der Waals surface area contributed by atoms with Gasteiger partial charge in [-0.1, -0.05) is 24.3 Å². The molecule has 0 spiro atoms. The van der Waals surface area contributed by atoms with Crippen LogP contribution < -0.4 is 4.74 Å². The lowest BCUT2D eigenvalue weighted by Gasteiger charge is -2.16. The van der Waals surface area contributed by atoms with E-state index in [-0.39, 0.29) is 29.9 Å². The quantitative estimate of drug-likeness (QED) is 0.455. The number of benzene rings is 2. The highest BCUT2D eigenvalue weighted by molar-refractivity contribution is 7.86. The van der Waals surface area contributed by atoms with Crippen molar-refractivity contribution in [1.82, 2.24) is 0 Å². The monoisotopic (exact) mass is 404 g/mol. The third kappa shape index (κ3) is 6.19. The van der Waals surface area contributed by atoms with Crippen molar-refractivity contribution in [3.63, 3.8) is 0 Å². The van der Waals surface area contributed by atoms with Gasteiger partial charge < -0.3 is 14.5 Å². The molecular weight excluding hydrogens is 386 g/mol. The summed E-state index contributed by atoms with van der Waals surface area (Å²) in [6, 6.07) is 11.4. The van der Waals surface area contributed by atoms with Crippen LogP contribution >= 0.6 is 7.60 Å². The van der Waals surface area contributed by atoms with E-state index < -0.39 is 34.9 Å². The molecule has 0 aromatic heterocycles. The van der Waals surface area contributed by atoms with Gasteiger partial charge >= 0.3 is 7.60 Å². The number of rotatable bonds is 8. The van der Waals surface area contributed by atoms with E-state index in [1.165, 1.54) is 42.5 Å². The van der Waals surface area contributed by atoms with Gasteiger partial charge in [-0.3, -0.25) is 9.12 Å². The second kappa shape index (κ2) is 8.28. The highest BCUT2D eigenvalue weighted by Crippen LogP contribution is 2.38. The van der Waals surface area contributed by atoms with Crippen LogP contribution in [0.1, 0.15) is 23.7 Å². The van der Waals surface area contributed by atoms with Crippen LogP contribution in [0, 0.1) is 5.82 Å². The van der Waals surface area contributed by atoms with Crippen molar-refractivity contribution in [2.75, 3.05) is 6.16 Å². The van der Waals surface area contributed by atoms with E-state index in [4.69, 9.17) is 14.5 Å². The lowest BCUT2D eigenvalue weighted by Crippen LogP contribution is -2.13. The van der Waals surface area contributed by atoms with E-state index in [1.54, 1.807) is 6.07 Å². The maximum Gasteiger partial charge on any atom is 0.325 e. The molecule has 2 aromatic rings. The Bertz CT molecular complexity index is 910. The molecule has 0 heterocycles. The number of ether oxygens (including phenoxy) is 1. The van der Waals surface area contributed by atoms with Crippen LogP contribution in [0.4, 0.5) is 4.39 Å². The van der Waals surface area contributed by atoms with Crippen LogP contribution in [0.25, 0.3) is 0 Å². The van der Waals surface area contributed by atoms with Gasteiger partial charge in [-0.15, -0.1) is 0 Å². The third-order valence-electron chi connectivity index (χ3n) is 3.57. The molecule has 0 saturated heterocycles. The van der Waals surface area contributed by atoms with Crippen LogP contribution in [0.5, 0.6) is 11.5 Å². The molecule has 0 saturated carbocycles. The van der Waals surface area contributed by atoms with E-state index in [1.807, 2.05) is 0 Å². The van der Waals surface area contributed by atoms with Crippen molar-refractivity contribution in [2.24, 2.45) is 0 Å². The first-order valence-corrected chi connectivity index (χ1v) is 10.9. The molecule has 0 aliphatic rings. The summed E-state index contributed by atoms with van der Waals surface area (Å²) in [5.74, 6) is -0.475. The average molecular weight is 404 g/mol. The summed E-state index contributed by atoms with van der Waals surface area (Å²) < 4.78 is 62.8. The Balaban J connectivity index is 2.23. The van der Waals surface area contributed by atoms with Gasteiger partial charge in [0.05, 0.1) is 0 Å². The topological polar surface area (TPSA) is 121 Å². The Kier molecular flexibility index (Phi) is 6.54. The van der Waals surface area contributed by atoms with Crippen molar-refractivity contribution in [3.8, 4) is 11.5 Å². The predicted octanol–water partition coefficient (Wildman–Crippen LogP) is 3.50. The predicted molar refractivity (Wildman–Crippen MR) is 93.4 cm³/mol. The summed E-state index contributed by atoms with van der Waals surface area (Å²) in [7, 11) is -8.79. The van der Waals surface area contributed by atoms with Crippen molar-refractivity contribution in [1.29, 1.82) is 0 Å². The summed E-state index contributed by atoms with van der Waals surface area (Å²) in [4.78, 5) is 17.8. The number of hydrogen-bond donors (Lipinski definition) is 3. The van der Waals surface area contributed by atoms with E-state index in [0.717, 1.165) is 0 Å². The number of halogens is 1. The molecule has 142 valence electrons. The number of para-hydroxylation sites is 1. The summed E-state index contributed by atoms with van der Waals surface area (Å²) >= 11 is 0. The van der Waals surface area contributed by atoms with Crippen molar-refractivity contribution < 1.29 is 36.4 Å². The smallest absolute Gasteiger partial charge is 0.325 e. The fraction of sp³-hybridized carbons (Fsp3) is 0.250. The molecule has 1 unspecified atom stereocenters. The molecule has 26 heavy (non-hydrogen) atoms. The Labute approximate surface area is 150 Å². The van der Waals surface area contributed by atoms with E-state index in [2.05, 4.69) is 0 Å². The normalized spacial score (nSPS) is 13.4. The highest BCUT2D eigenvalue weighted by atomic mass is 32.2. The lowest BCUT2D eigenvalue weighted by atomic mass is 10.1. The first-order chi connectivity index (χ1) is 12.1. The third-order valence-corrected chi connectivity index (χ3v) is 5.70. The van der Waals surface area contributed by atoms with Crippen molar-refractivity contribution >= 4 is 17.7 Å². The molecule has 0 aliphatic heterocycles. The molecule has 3 N–H and O–H groups in total. The molecule has 0 fully saturated rings. The van der Waals surface area contributed by atoms with Crippen molar-refractivity contribution in [3.05, 3.63) is 59.9 Å². The van der Waals surface area contributed by atoms with Gasteiger partial charge in [-0.25, -0.2) is 4.39 Å². The van der Waals surface area contributed by atoms with E-state index >= 15 is 0 Å². The average Bonchev–Trinajstić information content (AvgIpc) is 2.52. The zero-order valence-corrected chi connectivity index (χ0v) is 15.2. The minimum Gasteiger partial charge on any atom is -0.454 e. The molecule has 0 radical (unpaired) electrons. The first-order valence-electron chi connectivity index (χ1n) is 7.59. The summed E-state index contributed by atoms with van der Waals surface area (Å²) in [6.45, 7) is 0. The highest BCUT2D eigenvalue weighted by Gasteiger charge is 2.26. The Morgan fingerprint density at radius 2 is 1.81 bits per heavy atom. The zero-order valence-electron chi connectivity index (χ0n) is 13.5. The van der Waals surface area contributed by atoms with Gasteiger partial charge in [0.2, 0.25) is 0 Å². The van der Waals surface area contributed by atoms with Gasteiger partial charge in [-0.2, -0.15) is 8.42 Å². The zero-order chi connectivity index (χ0) is 19.4. The first kappa shape index (κ1) is 20.5. The molecule has 0 bridgehead atoms. The molecule has 7 nitrogen and oxygen atoms in total. The minimum absolute atomic E-state index is 0.0467. The molecule has 2 aromatic carbocycles. The molecule has 0 amide bonds. The van der Waals surface area contributed by atoms with Crippen LogP contribution in [0.2, 0.25) is 0 Å². The van der Waals surface area contributed by atoms with E-state index in [9.17, 15) is 21.9 Å². The minimum atomic E-state index is -4.52. The summed E-state index contributed by atoms with van der Waals surface area (Å²) in [6.07, 6.45) is -0.787. The second-order valence-corrected chi connectivity index (χ2v) is 9.01. The molecule has 10 heteroatoms. The van der Waals surface area contributed by atoms with Gasteiger partial charge in [0.15, 0.2) is 11.6 Å². The molecule has 1 atom stereocenters. The second-order valence-electron chi connectivity index (χ2n) is 5.64. The maximum absolute atomic E-state index is 13.7. The lowest BCUT2D eigenvalue weighted by molar-refractivity contribution is 0.370. The Hall–Kier alpha value is -1.77. The SMILES string of the molecule is O=P(O)(O)CCCC(c1cccc(Oc2ccccc2F)c1)S(=O)(=O)O. The van der Waals surface area contributed by atoms with Gasteiger partial charge in [0.25, 0.3) is 10.1 Å². The molecular formula is C16H18FO7PS. The maximum atomic E-state index is 13.7. The standard InChI is InChI=1S/C16H18FO7PS/c17-14-7-1-2-8-15(14)24-13-6-3-5-12(11-13)16(26(21,22)23)9-4-10-25(18,19)20/h1-3,5-8,11,16H,4,9-10H2,(H2,18,19,20)(H,21,22,23). The Morgan fingerprint density at radius 3 is 2.42 bits per heavy atom. The van der Waals surface area contributed by atoms with Gasteiger partial charge in [-0.05, 0) is 42.7 Å². The largest absolute Gasteiger partial charge is 0.454 e. The van der Waals surface area contributed by atoms with Gasteiger partial charge in [0, 0.05) is 6.16 Å². The van der Waals surface area contributed by atoms with E-state index in [0.29, 0.717) is 0 Å². The fourth-order valence-corrected chi connectivity index (χ4v) is 3.95. The fourth-order valence-electron chi connectivity index (χ4n) is 2.40. The van der Waals surface area contributed by atoms with Crippen LogP contribution in [-0.4, -0.2) is 28.9 Å². The van der Waals surface area contributed by atoms with Crippen molar-refractivity contribution in [2.45, 2.75) is 18.1 Å².